The van der Waals surface area contributed by atoms with Crippen molar-refractivity contribution in [2.24, 2.45) is 5.92 Å². The minimum Gasteiger partial charge on any atom is -0.381 e. The highest BCUT2D eigenvalue weighted by Gasteiger charge is 2.01. The van der Waals surface area contributed by atoms with Gasteiger partial charge in [0.15, 0.2) is 0 Å². The Bertz CT molecular complexity index is 129. The third-order valence-electron chi connectivity index (χ3n) is 2.22. The molecule has 1 unspecified atom stereocenters. The Balaban J connectivity index is 3.13. The van der Waals surface area contributed by atoms with E-state index in [9.17, 15) is 0 Å². The molecule has 0 amide bonds. The van der Waals surface area contributed by atoms with E-state index in [0.29, 0.717) is 5.92 Å². The van der Waals surface area contributed by atoms with E-state index in [-0.39, 0.29) is 0 Å². The second-order valence-corrected chi connectivity index (χ2v) is 4.54. The summed E-state index contributed by atoms with van der Waals surface area (Å²) in [6, 6.07) is 0. The van der Waals surface area contributed by atoms with Gasteiger partial charge in [-0.1, -0.05) is 13.8 Å². The largest absolute Gasteiger partial charge is 0.381 e. The van der Waals surface area contributed by atoms with E-state index in [1.807, 2.05) is 0 Å². The minimum absolute atomic E-state index is 0.621. The van der Waals surface area contributed by atoms with Crippen LogP contribution in [0.4, 0.5) is 0 Å². The molecule has 0 aliphatic carbocycles. The van der Waals surface area contributed by atoms with Crippen LogP contribution in [0.5, 0.6) is 0 Å². The zero-order chi connectivity index (χ0) is 11.5. The van der Waals surface area contributed by atoms with Crippen LogP contribution < -0.4 is 5.32 Å². The molecular formula is C12H28N2O. The van der Waals surface area contributed by atoms with Crippen molar-refractivity contribution in [2.75, 3.05) is 46.9 Å². The average molecular weight is 216 g/mol. The van der Waals surface area contributed by atoms with E-state index in [1.165, 1.54) is 6.42 Å². The van der Waals surface area contributed by atoms with Gasteiger partial charge in [-0.25, -0.2) is 0 Å². The molecule has 0 aromatic rings. The quantitative estimate of drug-likeness (QED) is 0.561. The molecular weight excluding hydrogens is 188 g/mol. The zero-order valence-corrected chi connectivity index (χ0v) is 10.9. The van der Waals surface area contributed by atoms with E-state index in [4.69, 9.17) is 4.74 Å². The Morgan fingerprint density at radius 3 is 2.67 bits per heavy atom. The second-order valence-electron chi connectivity index (χ2n) is 4.54. The van der Waals surface area contributed by atoms with Crippen LogP contribution in [-0.2, 0) is 4.74 Å². The molecule has 15 heavy (non-hydrogen) atoms. The summed E-state index contributed by atoms with van der Waals surface area (Å²) in [7, 11) is 4.19. The van der Waals surface area contributed by atoms with Crippen molar-refractivity contribution in [3.63, 3.8) is 0 Å². The third kappa shape index (κ3) is 11.8. The molecule has 0 rings (SSSR count). The van der Waals surface area contributed by atoms with Gasteiger partial charge in [-0.05, 0) is 52.5 Å². The van der Waals surface area contributed by atoms with Gasteiger partial charge in [0.25, 0.3) is 0 Å². The first-order valence-electron chi connectivity index (χ1n) is 6.10. The summed E-state index contributed by atoms with van der Waals surface area (Å²) in [5, 5.41) is 3.41. The van der Waals surface area contributed by atoms with Crippen LogP contribution in [-0.4, -0.2) is 51.8 Å². The van der Waals surface area contributed by atoms with E-state index in [2.05, 4.69) is 38.2 Å². The number of nitrogens with zero attached hydrogens (tertiary/aromatic N) is 1. The summed E-state index contributed by atoms with van der Waals surface area (Å²) in [6.45, 7) is 9.49. The highest BCUT2D eigenvalue weighted by molar-refractivity contribution is 4.55. The number of hydrogen-bond acceptors (Lipinski definition) is 3. The summed E-state index contributed by atoms with van der Waals surface area (Å²) in [4.78, 5) is 2.19. The molecule has 92 valence electrons. The van der Waals surface area contributed by atoms with Gasteiger partial charge in [-0.2, -0.15) is 0 Å². The van der Waals surface area contributed by atoms with Crippen molar-refractivity contribution >= 4 is 0 Å². The summed E-state index contributed by atoms with van der Waals surface area (Å²) in [6.07, 6.45) is 2.33. The topological polar surface area (TPSA) is 24.5 Å². The minimum atomic E-state index is 0.621. The van der Waals surface area contributed by atoms with Gasteiger partial charge in [-0.15, -0.1) is 0 Å². The Labute approximate surface area is 95.2 Å². The first-order chi connectivity index (χ1) is 7.16. The van der Waals surface area contributed by atoms with Gasteiger partial charge < -0.3 is 15.0 Å². The van der Waals surface area contributed by atoms with Crippen LogP contribution in [0.3, 0.4) is 0 Å². The molecule has 0 fully saturated rings. The van der Waals surface area contributed by atoms with Crippen molar-refractivity contribution in [1.29, 1.82) is 0 Å². The van der Waals surface area contributed by atoms with Crippen molar-refractivity contribution in [3.8, 4) is 0 Å². The molecule has 0 saturated carbocycles. The molecule has 3 heteroatoms. The fourth-order valence-electron chi connectivity index (χ4n) is 1.35. The Kier molecular flexibility index (Phi) is 10.3. The molecule has 1 N–H and O–H groups in total. The summed E-state index contributed by atoms with van der Waals surface area (Å²) >= 11 is 0. The van der Waals surface area contributed by atoms with E-state index in [1.54, 1.807) is 0 Å². The lowest BCUT2D eigenvalue weighted by Crippen LogP contribution is -2.25. The maximum atomic E-state index is 5.61. The van der Waals surface area contributed by atoms with Crippen LogP contribution in [0.25, 0.3) is 0 Å². The van der Waals surface area contributed by atoms with Crippen LogP contribution in [0.1, 0.15) is 26.7 Å². The van der Waals surface area contributed by atoms with Crippen molar-refractivity contribution < 1.29 is 4.74 Å². The van der Waals surface area contributed by atoms with Gasteiger partial charge >= 0.3 is 0 Å². The molecule has 0 aliphatic rings. The Morgan fingerprint density at radius 1 is 1.33 bits per heavy atom. The smallest absolute Gasteiger partial charge is 0.0503 e. The first kappa shape index (κ1) is 14.9. The maximum absolute atomic E-state index is 5.61. The molecule has 0 heterocycles. The molecule has 0 saturated heterocycles. The summed E-state index contributed by atoms with van der Waals surface area (Å²) in [5.41, 5.74) is 0. The number of rotatable bonds is 10. The van der Waals surface area contributed by atoms with Gasteiger partial charge in [0.05, 0.1) is 6.61 Å². The van der Waals surface area contributed by atoms with Crippen LogP contribution in [0, 0.1) is 5.92 Å². The molecule has 1 atom stereocenters. The lowest BCUT2D eigenvalue weighted by Gasteiger charge is -2.13. The fraction of sp³-hybridized carbons (Fsp3) is 1.00. The van der Waals surface area contributed by atoms with Gasteiger partial charge in [-0.3, -0.25) is 0 Å². The standard InChI is InChI=1S/C12H28N2O/c1-5-7-13-10-12(2)11-15-9-6-8-14(3)4/h12-13H,5-11H2,1-4H3. The van der Waals surface area contributed by atoms with Gasteiger partial charge in [0.1, 0.15) is 0 Å². The average Bonchev–Trinajstić information content (AvgIpc) is 2.17. The van der Waals surface area contributed by atoms with Crippen molar-refractivity contribution in [1.82, 2.24) is 10.2 Å². The Morgan fingerprint density at radius 2 is 2.07 bits per heavy atom. The van der Waals surface area contributed by atoms with Gasteiger partial charge in [0, 0.05) is 6.61 Å². The number of hydrogen-bond donors (Lipinski definition) is 1. The predicted molar refractivity (Wildman–Crippen MR) is 66.3 cm³/mol. The molecule has 0 spiro atoms. The van der Waals surface area contributed by atoms with Crippen molar-refractivity contribution in [2.45, 2.75) is 26.7 Å². The molecule has 3 nitrogen and oxygen atoms in total. The van der Waals surface area contributed by atoms with E-state index < -0.39 is 0 Å². The predicted octanol–water partition coefficient (Wildman–Crippen LogP) is 1.59. The molecule has 0 aromatic carbocycles. The lowest BCUT2D eigenvalue weighted by molar-refractivity contribution is 0.0980. The van der Waals surface area contributed by atoms with Crippen LogP contribution in [0.15, 0.2) is 0 Å². The molecule has 0 aliphatic heterocycles. The second kappa shape index (κ2) is 10.4. The van der Waals surface area contributed by atoms with Crippen LogP contribution in [0.2, 0.25) is 0 Å². The summed E-state index contributed by atoms with van der Waals surface area (Å²) < 4.78 is 5.61. The van der Waals surface area contributed by atoms with Gasteiger partial charge in [0.2, 0.25) is 0 Å². The van der Waals surface area contributed by atoms with Crippen molar-refractivity contribution in [3.05, 3.63) is 0 Å². The SMILES string of the molecule is CCCNCC(C)COCCCN(C)C. The molecule has 0 bridgehead atoms. The number of nitrogens with one attached hydrogen (secondary N) is 1. The summed E-state index contributed by atoms with van der Waals surface area (Å²) in [5.74, 6) is 0.621. The maximum Gasteiger partial charge on any atom is 0.0503 e. The highest BCUT2D eigenvalue weighted by Crippen LogP contribution is 1.95. The molecule has 0 radical (unpaired) electrons. The highest BCUT2D eigenvalue weighted by atomic mass is 16.5. The lowest BCUT2D eigenvalue weighted by atomic mass is 10.2. The monoisotopic (exact) mass is 216 g/mol. The Hall–Kier alpha value is -0.120. The van der Waals surface area contributed by atoms with E-state index >= 15 is 0 Å². The zero-order valence-electron chi connectivity index (χ0n) is 10.9. The first-order valence-corrected chi connectivity index (χ1v) is 6.10. The van der Waals surface area contributed by atoms with Crippen LogP contribution >= 0.6 is 0 Å². The fourth-order valence-corrected chi connectivity index (χ4v) is 1.35. The molecule has 0 aromatic heterocycles. The van der Waals surface area contributed by atoms with E-state index in [0.717, 1.165) is 39.3 Å². The number of ether oxygens (including phenoxy) is 1. The normalized spacial score (nSPS) is 13.4. The third-order valence-corrected chi connectivity index (χ3v) is 2.22.